The molecule has 2 N–H and O–H groups in total. The van der Waals surface area contributed by atoms with Crippen LogP contribution < -0.4 is 10.6 Å². The highest BCUT2D eigenvalue weighted by atomic mass is 32.1. The number of hydrogen-bond acceptors (Lipinski definition) is 6. The molecule has 1 atom stereocenters. The summed E-state index contributed by atoms with van der Waals surface area (Å²) in [6.45, 7) is 0.686. The van der Waals surface area contributed by atoms with E-state index < -0.39 is 0 Å². The van der Waals surface area contributed by atoms with E-state index in [-0.39, 0.29) is 29.8 Å². The highest BCUT2D eigenvalue weighted by molar-refractivity contribution is 7.20. The van der Waals surface area contributed by atoms with Crippen molar-refractivity contribution in [3.05, 3.63) is 23.5 Å². The average Bonchev–Trinajstić information content (AvgIpc) is 3.23. The molecule has 1 saturated heterocycles. The highest BCUT2D eigenvalue weighted by Crippen LogP contribution is 2.25. The summed E-state index contributed by atoms with van der Waals surface area (Å²) in [7, 11) is 1.89. The highest BCUT2D eigenvalue weighted by Gasteiger charge is 2.28. The Labute approximate surface area is 185 Å². The lowest BCUT2D eigenvalue weighted by Gasteiger charge is -2.35. The SMILES string of the molecule is CN(C(=O)CCC1CCC(=O)NC1)C1CCC(NC(=O)c2nc3cnccc3s2)CC1. The smallest absolute Gasteiger partial charge is 0.280 e. The van der Waals surface area contributed by atoms with Crippen LogP contribution in [0.4, 0.5) is 0 Å². The van der Waals surface area contributed by atoms with Crippen LogP contribution in [-0.4, -0.2) is 58.3 Å². The molecule has 3 amide bonds. The summed E-state index contributed by atoms with van der Waals surface area (Å²) in [4.78, 5) is 46.8. The van der Waals surface area contributed by atoms with E-state index in [1.54, 1.807) is 12.4 Å². The number of pyridine rings is 1. The average molecular weight is 444 g/mol. The lowest BCUT2D eigenvalue weighted by Crippen LogP contribution is -2.44. The molecule has 1 saturated carbocycles. The first-order chi connectivity index (χ1) is 15.0. The number of fused-ring (bicyclic) bond motifs is 1. The molecule has 0 spiro atoms. The van der Waals surface area contributed by atoms with Gasteiger partial charge in [-0.1, -0.05) is 0 Å². The normalized spacial score (nSPS) is 23.9. The molecule has 2 fully saturated rings. The van der Waals surface area contributed by atoms with Crippen LogP contribution in [0.3, 0.4) is 0 Å². The molecule has 2 aromatic heterocycles. The van der Waals surface area contributed by atoms with Crippen molar-refractivity contribution in [2.24, 2.45) is 5.92 Å². The van der Waals surface area contributed by atoms with Crippen molar-refractivity contribution in [2.75, 3.05) is 13.6 Å². The van der Waals surface area contributed by atoms with E-state index >= 15 is 0 Å². The van der Waals surface area contributed by atoms with Gasteiger partial charge in [-0.15, -0.1) is 11.3 Å². The third-order valence-electron chi connectivity index (χ3n) is 6.49. The molecule has 1 aliphatic heterocycles. The number of carbonyl (C=O) groups excluding carboxylic acids is 3. The Hall–Kier alpha value is -2.55. The van der Waals surface area contributed by atoms with Crippen LogP contribution in [0.25, 0.3) is 10.2 Å². The molecule has 1 aliphatic carbocycles. The van der Waals surface area contributed by atoms with E-state index in [4.69, 9.17) is 0 Å². The van der Waals surface area contributed by atoms with Crippen molar-refractivity contribution in [1.29, 1.82) is 0 Å². The minimum absolute atomic E-state index is 0.114. The number of thiazole rings is 1. The Morgan fingerprint density at radius 3 is 2.77 bits per heavy atom. The van der Waals surface area contributed by atoms with Gasteiger partial charge in [-0.3, -0.25) is 19.4 Å². The molecule has 0 radical (unpaired) electrons. The molecule has 0 bridgehead atoms. The van der Waals surface area contributed by atoms with E-state index in [1.165, 1.54) is 11.3 Å². The molecule has 8 nitrogen and oxygen atoms in total. The number of rotatable bonds is 6. The summed E-state index contributed by atoms with van der Waals surface area (Å²) < 4.78 is 0.958. The monoisotopic (exact) mass is 443 g/mol. The van der Waals surface area contributed by atoms with Gasteiger partial charge in [0.05, 0.1) is 10.9 Å². The Morgan fingerprint density at radius 2 is 2.06 bits per heavy atom. The standard InChI is InChI=1S/C22H29N5O3S/c1-27(20(29)9-3-14-2-8-19(28)24-12-14)16-6-4-15(5-7-16)25-21(30)22-26-17-13-23-11-10-18(17)31-22/h10-11,13-16H,2-9,12H2,1H3,(H,24,28)(H,25,30). The summed E-state index contributed by atoms with van der Waals surface area (Å²) >= 11 is 1.38. The summed E-state index contributed by atoms with van der Waals surface area (Å²) in [5.41, 5.74) is 0.747. The number of carbonyl (C=O) groups is 3. The van der Waals surface area contributed by atoms with Crippen molar-refractivity contribution in [1.82, 2.24) is 25.5 Å². The molecular weight excluding hydrogens is 414 g/mol. The lowest BCUT2D eigenvalue weighted by atomic mass is 9.89. The Balaban J connectivity index is 1.21. The molecule has 9 heteroatoms. The fourth-order valence-corrected chi connectivity index (χ4v) is 5.31. The summed E-state index contributed by atoms with van der Waals surface area (Å²) in [5.74, 6) is 0.559. The first kappa shape index (κ1) is 21.7. The third kappa shape index (κ3) is 5.39. The van der Waals surface area contributed by atoms with E-state index in [0.29, 0.717) is 30.3 Å². The number of piperidine rings is 1. The van der Waals surface area contributed by atoms with Crippen LogP contribution in [-0.2, 0) is 9.59 Å². The maximum absolute atomic E-state index is 12.6. The second kappa shape index (κ2) is 9.72. The first-order valence-electron chi connectivity index (χ1n) is 11.0. The maximum atomic E-state index is 12.6. The van der Waals surface area contributed by atoms with Gasteiger partial charge in [0.15, 0.2) is 5.01 Å². The molecule has 166 valence electrons. The second-order valence-electron chi connectivity index (χ2n) is 8.59. The van der Waals surface area contributed by atoms with E-state index in [1.807, 2.05) is 18.0 Å². The van der Waals surface area contributed by atoms with Crippen molar-refractivity contribution >= 4 is 39.3 Å². The Kier molecular flexibility index (Phi) is 6.80. The van der Waals surface area contributed by atoms with Gasteiger partial charge in [-0.05, 0) is 50.5 Å². The van der Waals surface area contributed by atoms with Crippen LogP contribution in [0, 0.1) is 5.92 Å². The molecule has 2 aromatic rings. The zero-order chi connectivity index (χ0) is 21.8. The zero-order valence-corrected chi connectivity index (χ0v) is 18.6. The number of aromatic nitrogens is 2. The van der Waals surface area contributed by atoms with Gasteiger partial charge < -0.3 is 15.5 Å². The lowest BCUT2D eigenvalue weighted by molar-refractivity contribution is -0.133. The Morgan fingerprint density at radius 1 is 1.26 bits per heavy atom. The van der Waals surface area contributed by atoms with Gasteiger partial charge in [0.25, 0.3) is 5.91 Å². The molecular formula is C22H29N5O3S. The quantitative estimate of drug-likeness (QED) is 0.714. The van der Waals surface area contributed by atoms with Crippen LogP contribution in [0.1, 0.15) is 61.2 Å². The minimum Gasteiger partial charge on any atom is -0.356 e. The van der Waals surface area contributed by atoms with Crippen molar-refractivity contribution in [3.63, 3.8) is 0 Å². The number of hydrogen-bond donors (Lipinski definition) is 2. The van der Waals surface area contributed by atoms with Crippen LogP contribution in [0.2, 0.25) is 0 Å². The Bertz CT molecular complexity index is 911. The molecule has 4 rings (SSSR count). The molecule has 2 aliphatic rings. The van der Waals surface area contributed by atoms with Crippen LogP contribution >= 0.6 is 11.3 Å². The summed E-state index contributed by atoms with van der Waals surface area (Å²) in [6, 6.07) is 2.20. The predicted molar refractivity (Wildman–Crippen MR) is 119 cm³/mol. The molecule has 1 unspecified atom stereocenters. The van der Waals surface area contributed by atoms with Gasteiger partial charge >= 0.3 is 0 Å². The number of amides is 3. The topological polar surface area (TPSA) is 104 Å². The molecule has 0 aromatic carbocycles. The number of nitrogens with zero attached hydrogens (tertiary/aromatic N) is 3. The first-order valence-corrected chi connectivity index (χ1v) is 11.8. The third-order valence-corrected chi connectivity index (χ3v) is 7.53. The largest absolute Gasteiger partial charge is 0.356 e. The zero-order valence-electron chi connectivity index (χ0n) is 17.8. The minimum atomic E-state index is -0.131. The van der Waals surface area contributed by atoms with Gasteiger partial charge in [0.1, 0.15) is 5.52 Å². The van der Waals surface area contributed by atoms with Gasteiger partial charge in [0, 0.05) is 44.7 Å². The molecule has 31 heavy (non-hydrogen) atoms. The van der Waals surface area contributed by atoms with Gasteiger partial charge in [-0.2, -0.15) is 0 Å². The van der Waals surface area contributed by atoms with Gasteiger partial charge in [0.2, 0.25) is 11.8 Å². The second-order valence-corrected chi connectivity index (χ2v) is 9.62. The fraction of sp³-hybridized carbons (Fsp3) is 0.591. The van der Waals surface area contributed by atoms with Gasteiger partial charge in [-0.25, -0.2) is 4.98 Å². The summed E-state index contributed by atoms with van der Waals surface area (Å²) in [5, 5.41) is 6.46. The maximum Gasteiger partial charge on any atom is 0.280 e. The van der Waals surface area contributed by atoms with Crippen LogP contribution in [0.15, 0.2) is 18.5 Å². The van der Waals surface area contributed by atoms with E-state index in [9.17, 15) is 14.4 Å². The number of nitrogens with one attached hydrogen (secondary N) is 2. The van der Waals surface area contributed by atoms with Crippen molar-refractivity contribution < 1.29 is 14.4 Å². The predicted octanol–water partition coefficient (Wildman–Crippen LogP) is 2.50. The van der Waals surface area contributed by atoms with Crippen LogP contribution in [0.5, 0.6) is 0 Å². The van der Waals surface area contributed by atoms with E-state index in [0.717, 1.165) is 48.7 Å². The van der Waals surface area contributed by atoms with Crippen molar-refractivity contribution in [3.8, 4) is 0 Å². The van der Waals surface area contributed by atoms with E-state index in [2.05, 4.69) is 20.6 Å². The fourth-order valence-electron chi connectivity index (χ4n) is 4.47. The summed E-state index contributed by atoms with van der Waals surface area (Å²) in [6.07, 6.45) is 9.65. The van der Waals surface area contributed by atoms with Crippen molar-refractivity contribution in [2.45, 2.75) is 63.5 Å². The molecule has 3 heterocycles.